The molecule has 0 radical (unpaired) electrons. The zero-order valence-corrected chi connectivity index (χ0v) is 7.68. The van der Waals surface area contributed by atoms with Crippen molar-refractivity contribution in [1.82, 2.24) is 0 Å². The number of allylic oxidation sites excluding steroid dienone is 2. The molecule has 0 aromatic carbocycles. The third-order valence-corrected chi connectivity index (χ3v) is 3.63. The van der Waals surface area contributed by atoms with Crippen LogP contribution in [0.15, 0.2) is 12.2 Å². The maximum Gasteiger partial charge on any atom is 0.137 e. The van der Waals surface area contributed by atoms with Gasteiger partial charge in [0.1, 0.15) is 5.78 Å². The molecule has 2 aliphatic rings. The Hall–Kier alpha value is -0.590. The van der Waals surface area contributed by atoms with Crippen molar-refractivity contribution in [2.45, 2.75) is 39.0 Å². The van der Waals surface area contributed by atoms with E-state index >= 15 is 0 Å². The Balaban J connectivity index is 2.27. The van der Waals surface area contributed by atoms with Crippen molar-refractivity contribution in [3.8, 4) is 0 Å². The summed E-state index contributed by atoms with van der Waals surface area (Å²) in [5, 5.41) is 0. The number of carbonyl (C=O) groups excluding carboxylic acids is 1. The quantitative estimate of drug-likeness (QED) is 0.544. The minimum absolute atomic E-state index is 0.273. The summed E-state index contributed by atoms with van der Waals surface area (Å²) in [5.74, 6) is 0.851. The number of carbonyl (C=O) groups is 1. The highest BCUT2D eigenvalue weighted by Gasteiger charge is 2.43. The topological polar surface area (TPSA) is 17.1 Å². The van der Waals surface area contributed by atoms with Crippen LogP contribution in [0.25, 0.3) is 0 Å². The molecular formula is C11H16O. The lowest BCUT2D eigenvalue weighted by atomic mass is 9.66. The predicted molar refractivity (Wildman–Crippen MR) is 48.8 cm³/mol. The molecule has 1 heteroatoms. The van der Waals surface area contributed by atoms with Gasteiger partial charge in [0, 0.05) is 12.3 Å². The number of rotatable bonds is 1. The molecule has 1 fully saturated rings. The van der Waals surface area contributed by atoms with Crippen LogP contribution >= 0.6 is 0 Å². The molecule has 2 atom stereocenters. The van der Waals surface area contributed by atoms with E-state index in [2.05, 4.69) is 19.1 Å². The van der Waals surface area contributed by atoms with Gasteiger partial charge in [-0.25, -0.2) is 0 Å². The van der Waals surface area contributed by atoms with Gasteiger partial charge in [-0.1, -0.05) is 19.1 Å². The van der Waals surface area contributed by atoms with Crippen LogP contribution in [0.3, 0.4) is 0 Å². The lowest BCUT2D eigenvalue weighted by Gasteiger charge is -2.36. The van der Waals surface area contributed by atoms with Gasteiger partial charge in [0.25, 0.3) is 0 Å². The smallest absolute Gasteiger partial charge is 0.137 e. The van der Waals surface area contributed by atoms with Crippen LogP contribution in [0, 0.1) is 11.3 Å². The Morgan fingerprint density at radius 1 is 1.67 bits per heavy atom. The number of Topliss-reactive ketones (excluding diaryl/α,β-unsaturated/α-hetero) is 1. The van der Waals surface area contributed by atoms with Crippen molar-refractivity contribution in [2.75, 3.05) is 0 Å². The Labute approximate surface area is 73.8 Å². The van der Waals surface area contributed by atoms with Crippen molar-refractivity contribution in [2.24, 2.45) is 11.3 Å². The van der Waals surface area contributed by atoms with Crippen LogP contribution in [0.5, 0.6) is 0 Å². The van der Waals surface area contributed by atoms with E-state index in [9.17, 15) is 4.79 Å². The maximum absolute atomic E-state index is 11.6. The van der Waals surface area contributed by atoms with Crippen molar-refractivity contribution in [3.05, 3.63) is 12.2 Å². The number of hydrogen-bond donors (Lipinski definition) is 0. The molecule has 0 spiro atoms. The molecule has 0 N–H and O–H groups in total. The van der Waals surface area contributed by atoms with Gasteiger partial charge in [0.05, 0.1) is 0 Å². The third kappa shape index (κ3) is 0.954. The van der Waals surface area contributed by atoms with Crippen molar-refractivity contribution in [3.63, 3.8) is 0 Å². The van der Waals surface area contributed by atoms with Gasteiger partial charge < -0.3 is 0 Å². The summed E-state index contributed by atoms with van der Waals surface area (Å²) in [6.07, 6.45) is 9.82. The summed E-state index contributed by atoms with van der Waals surface area (Å²) < 4.78 is 0. The SMILES string of the molecule is CCC12C=CCC1C(=O)CCC2. The molecule has 0 saturated heterocycles. The van der Waals surface area contributed by atoms with Crippen LogP contribution < -0.4 is 0 Å². The second kappa shape index (κ2) is 2.72. The maximum atomic E-state index is 11.6. The number of fused-ring (bicyclic) bond motifs is 1. The molecule has 0 aromatic heterocycles. The van der Waals surface area contributed by atoms with Crippen LogP contribution in [0.2, 0.25) is 0 Å². The molecule has 2 rings (SSSR count). The van der Waals surface area contributed by atoms with Gasteiger partial charge in [0.15, 0.2) is 0 Å². The molecular weight excluding hydrogens is 148 g/mol. The summed E-state index contributed by atoms with van der Waals surface area (Å²) in [6.45, 7) is 2.21. The van der Waals surface area contributed by atoms with E-state index in [1.165, 1.54) is 6.42 Å². The van der Waals surface area contributed by atoms with Crippen LogP contribution in [0.4, 0.5) is 0 Å². The van der Waals surface area contributed by atoms with Crippen molar-refractivity contribution in [1.29, 1.82) is 0 Å². The molecule has 1 nitrogen and oxygen atoms in total. The minimum Gasteiger partial charge on any atom is -0.299 e. The third-order valence-electron chi connectivity index (χ3n) is 3.63. The average Bonchev–Trinajstić information content (AvgIpc) is 2.50. The Kier molecular flexibility index (Phi) is 1.82. The van der Waals surface area contributed by atoms with E-state index in [1.54, 1.807) is 0 Å². The molecule has 2 unspecified atom stereocenters. The molecule has 0 aromatic rings. The fourth-order valence-electron chi connectivity index (χ4n) is 2.81. The summed E-state index contributed by atoms with van der Waals surface area (Å²) in [5.41, 5.74) is 0.273. The van der Waals surface area contributed by atoms with Gasteiger partial charge >= 0.3 is 0 Å². The number of ketones is 1. The summed E-state index contributed by atoms with van der Waals surface area (Å²) in [7, 11) is 0. The van der Waals surface area contributed by atoms with Gasteiger partial charge in [-0.2, -0.15) is 0 Å². The monoisotopic (exact) mass is 164 g/mol. The highest BCUT2D eigenvalue weighted by Crippen LogP contribution is 2.48. The van der Waals surface area contributed by atoms with Gasteiger partial charge in [-0.3, -0.25) is 4.79 Å². The van der Waals surface area contributed by atoms with Crippen LogP contribution in [-0.4, -0.2) is 5.78 Å². The fourth-order valence-corrected chi connectivity index (χ4v) is 2.81. The molecule has 0 heterocycles. The molecule has 12 heavy (non-hydrogen) atoms. The fraction of sp³-hybridized carbons (Fsp3) is 0.727. The largest absolute Gasteiger partial charge is 0.299 e. The molecule has 1 saturated carbocycles. The molecule has 0 aliphatic heterocycles. The van der Waals surface area contributed by atoms with Gasteiger partial charge in [0.2, 0.25) is 0 Å². The van der Waals surface area contributed by atoms with E-state index in [0.717, 1.165) is 25.7 Å². The summed E-state index contributed by atoms with van der Waals surface area (Å²) in [4.78, 5) is 11.6. The van der Waals surface area contributed by atoms with E-state index in [1.807, 2.05) is 0 Å². The van der Waals surface area contributed by atoms with Crippen molar-refractivity contribution < 1.29 is 4.79 Å². The minimum atomic E-state index is 0.273. The summed E-state index contributed by atoms with van der Waals surface area (Å²) in [6, 6.07) is 0. The predicted octanol–water partition coefficient (Wildman–Crippen LogP) is 2.71. The first-order valence-electron chi connectivity index (χ1n) is 4.99. The van der Waals surface area contributed by atoms with Crippen molar-refractivity contribution >= 4 is 5.78 Å². The van der Waals surface area contributed by atoms with Gasteiger partial charge in [-0.15, -0.1) is 0 Å². The summed E-state index contributed by atoms with van der Waals surface area (Å²) >= 11 is 0. The van der Waals surface area contributed by atoms with Gasteiger partial charge in [-0.05, 0) is 31.1 Å². The molecule has 0 bridgehead atoms. The highest BCUT2D eigenvalue weighted by molar-refractivity contribution is 5.83. The second-order valence-electron chi connectivity index (χ2n) is 4.10. The first-order valence-corrected chi connectivity index (χ1v) is 4.99. The average molecular weight is 164 g/mol. The van der Waals surface area contributed by atoms with Crippen LogP contribution in [0.1, 0.15) is 39.0 Å². The molecule has 66 valence electrons. The highest BCUT2D eigenvalue weighted by atomic mass is 16.1. The van der Waals surface area contributed by atoms with E-state index < -0.39 is 0 Å². The Bertz CT molecular complexity index is 229. The number of hydrogen-bond acceptors (Lipinski definition) is 1. The molecule has 0 amide bonds. The van der Waals surface area contributed by atoms with E-state index in [-0.39, 0.29) is 5.41 Å². The Morgan fingerprint density at radius 2 is 2.50 bits per heavy atom. The Morgan fingerprint density at radius 3 is 3.17 bits per heavy atom. The normalized spacial score (nSPS) is 40.1. The lowest BCUT2D eigenvalue weighted by Crippen LogP contribution is -2.34. The second-order valence-corrected chi connectivity index (χ2v) is 4.10. The first-order chi connectivity index (χ1) is 5.78. The zero-order valence-electron chi connectivity index (χ0n) is 7.68. The lowest BCUT2D eigenvalue weighted by molar-refractivity contribution is -0.128. The zero-order chi connectivity index (χ0) is 8.60. The van der Waals surface area contributed by atoms with Crippen LogP contribution in [-0.2, 0) is 4.79 Å². The van der Waals surface area contributed by atoms with E-state index in [4.69, 9.17) is 0 Å². The molecule has 2 aliphatic carbocycles. The standard InChI is InChI=1S/C11H16O/c1-2-11-7-3-5-9(11)10(12)6-4-8-11/h3,7,9H,2,4-6,8H2,1H3. The van der Waals surface area contributed by atoms with E-state index in [0.29, 0.717) is 11.7 Å². The first kappa shape index (κ1) is 8.03.